The highest BCUT2D eigenvalue weighted by molar-refractivity contribution is 5.90. The summed E-state index contributed by atoms with van der Waals surface area (Å²) in [6.07, 6.45) is 9.66. The lowest BCUT2D eigenvalue weighted by atomic mass is 9.83. The van der Waals surface area contributed by atoms with Crippen LogP contribution >= 0.6 is 0 Å². The predicted octanol–water partition coefficient (Wildman–Crippen LogP) is 3.97. The first-order chi connectivity index (χ1) is 15.5. The van der Waals surface area contributed by atoms with E-state index in [9.17, 15) is 9.90 Å². The molecule has 0 bridgehead atoms. The van der Waals surface area contributed by atoms with Gasteiger partial charge in [0.1, 0.15) is 23.2 Å². The third-order valence-electron chi connectivity index (χ3n) is 6.42. The lowest BCUT2D eigenvalue weighted by Gasteiger charge is -2.34. The molecule has 4 rings (SSSR count). The number of carboxylic acid groups (broad SMARTS) is 1. The normalized spacial score (nSPS) is 23.6. The van der Waals surface area contributed by atoms with E-state index in [1.165, 1.54) is 39.0 Å². The van der Waals surface area contributed by atoms with Crippen LogP contribution in [0.1, 0.15) is 54.8 Å². The van der Waals surface area contributed by atoms with Crippen LogP contribution in [0, 0.1) is 11.8 Å². The SMILES string of the molecule is COc1cc(C2CN(c3cncc(OCC4CCC(C)CC4)c3)CCO2)ncc1C(=O)O. The van der Waals surface area contributed by atoms with Crippen LogP contribution in [0.2, 0.25) is 0 Å². The monoisotopic (exact) mass is 441 g/mol. The number of hydrogen-bond donors (Lipinski definition) is 1. The number of rotatable bonds is 7. The van der Waals surface area contributed by atoms with E-state index in [2.05, 4.69) is 21.8 Å². The van der Waals surface area contributed by atoms with Gasteiger partial charge in [0, 0.05) is 24.9 Å². The summed E-state index contributed by atoms with van der Waals surface area (Å²) >= 11 is 0. The Balaban J connectivity index is 1.41. The lowest BCUT2D eigenvalue weighted by Crippen LogP contribution is -2.38. The highest BCUT2D eigenvalue weighted by atomic mass is 16.5. The van der Waals surface area contributed by atoms with Crippen LogP contribution in [-0.2, 0) is 4.74 Å². The second-order valence-corrected chi connectivity index (χ2v) is 8.74. The maximum atomic E-state index is 11.3. The molecule has 0 amide bonds. The van der Waals surface area contributed by atoms with Crippen molar-refractivity contribution in [1.82, 2.24) is 9.97 Å². The van der Waals surface area contributed by atoms with Gasteiger partial charge < -0.3 is 24.2 Å². The van der Waals surface area contributed by atoms with E-state index in [1.54, 1.807) is 12.3 Å². The highest BCUT2D eigenvalue weighted by Crippen LogP contribution is 2.31. The Morgan fingerprint density at radius 1 is 1.22 bits per heavy atom. The summed E-state index contributed by atoms with van der Waals surface area (Å²) in [5.41, 5.74) is 1.65. The van der Waals surface area contributed by atoms with Gasteiger partial charge in [0.2, 0.25) is 0 Å². The standard InChI is InChI=1S/C24H31N3O5/c1-16-3-5-17(6-4-16)15-32-19-9-18(11-25-12-19)27-7-8-31-23(14-27)21-10-22(30-2)20(13-26-21)24(28)29/h9-13,16-17,23H,3-8,14-15H2,1-2H3,(H,28,29). The van der Waals surface area contributed by atoms with E-state index >= 15 is 0 Å². The molecule has 1 aliphatic heterocycles. The van der Waals surface area contributed by atoms with Crippen molar-refractivity contribution in [3.8, 4) is 11.5 Å². The summed E-state index contributed by atoms with van der Waals surface area (Å²) < 4.78 is 17.2. The molecule has 1 atom stereocenters. The van der Waals surface area contributed by atoms with Crippen molar-refractivity contribution in [1.29, 1.82) is 0 Å². The van der Waals surface area contributed by atoms with Crippen molar-refractivity contribution in [3.05, 3.63) is 42.0 Å². The number of aromatic nitrogens is 2. The number of ether oxygens (including phenoxy) is 3. The Labute approximate surface area is 188 Å². The first-order valence-corrected chi connectivity index (χ1v) is 11.2. The van der Waals surface area contributed by atoms with Gasteiger partial charge in [0.15, 0.2) is 0 Å². The third kappa shape index (κ3) is 5.30. The minimum absolute atomic E-state index is 0.0328. The van der Waals surface area contributed by atoms with Crippen LogP contribution in [0.15, 0.2) is 30.7 Å². The molecule has 2 aromatic heterocycles. The fourth-order valence-electron chi connectivity index (χ4n) is 4.39. The molecule has 2 aliphatic rings. The van der Waals surface area contributed by atoms with E-state index in [0.29, 0.717) is 24.8 Å². The number of carbonyl (C=O) groups is 1. The van der Waals surface area contributed by atoms with Gasteiger partial charge in [-0.15, -0.1) is 0 Å². The number of hydrogen-bond acceptors (Lipinski definition) is 7. The average molecular weight is 442 g/mol. The Kier molecular flexibility index (Phi) is 7.09. The van der Waals surface area contributed by atoms with Crippen LogP contribution in [0.5, 0.6) is 11.5 Å². The number of morpholine rings is 1. The predicted molar refractivity (Wildman–Crippen MR) is 120 cm³/mol. The fraction of sp³-hybridized carbons (Fsp3) is 0.542. The molecule has 1 unspecified atom stereocenters. The quantitative estimate of drug-likeness (QED) is 0.690. The maximum absolute atomic E-state index is 11.3. The average Bonchev–Trinajstić information content (AvgIpc) is 2.83. The summed E-state index contributed by atoms with van der Waals surface area (Å²) in [4.78, 5) is 22.2. The summed E-state index contributed by atoms with van der Waals surface area (Å²) in [5.74, 6) is 1.45. The van der Waals surface area contributed by atoms with E-state index in [1.807, 2.05) is 12.3 Å². The first kappa shape index (κ1) is 22.3. The largest absolute Gasteiger partial charge is 0.496 e. The molecular formula is C24H31N3O5. The molecule has 8 heteroatoms. The Morgan fingerprint density at radius 2 is 2.03 bits per heavy atom. The topological polar surface area (TPSA) is 94.0 Å². The molecule has 1 N–H and O–H groups in total. The first-order valence-electron chi connectivity index (χ1n) is 11.2. The summed E-state index contributed by atoms with van der Waals surface area (Å²) in [7, 11) is 1.45. The minimum atomic E-state index is -1.07. The van der Waals surface area contributed by atoms with Gasteiger partial charge in [-0.3, -0.25) is 9.97 Å². The van der Waals surface area contributed by atoms with Crippen LogP contribution in [-0.4, -0.2) is 54.5 Å². The molecule has 0 spiro atoms. The van der Waals surface area contributed by atoms with Gasteiger partial charge in [-0.05, 0) is 24.7 Å². The van der Waals surface area contributed by atoms with E-state index in [4.69, 9.17) is 14.2 Å². The van der Waals surface area contributed by atoms with E-state index < -0.39 is 5.97 Å². The second-order valence-electron chi connectivity index (χ2n) is 8.74. The Hall–Kier alpha value is -2.87. The zero-order valence-corrected chi connectivity index (χ0v) is 18.7. The molecular weight excluding hydrogens is 410 g/mol. The van der Waals surface area contributed by atoms with Gasteiger partial charge in [0.05, 0.1) is 50.6 Å². The summed E-state index contributed by atoms with van der Waals surface area (Å²) in [5, 5.41) is 9.27. The molecule has 1 saturated heterocycles. The second kappa shape index (κ2) is 10.2. The van der Waals surface area contributed by atoms with Crippen molar-refractivity contribution in [3.63, 3.8) is 0 Å². The number of anilines is 1. The number of nitrogens with zero attached hydrogens (tertiary/aromatic N) is 3. The van der Waals surface area contributed by atoms with Crippen LogP contribution in [0.4, 0.5) is 5.69 Å². The molecule has 3 heterocycles. The smallest absolute Gasteiger partial charge is 0.341 e. The fourth-order valence-corrected chi connectivity index (χ4v) is 4.39. The van der Waals surface area contributed by atoms with Gasteiger partial charge in [-0.25, -0.2) is 4.79 Å². The Morgan fingerprint density at radius 3 is 2.78 bits per heavy atom. The van der Waals surface area contributed by atoms with Crippen molar-refractivity contribution in [2.45, 2.75) is 38.7 Å². The van der Waals surface area contributed by atoms with Crippen molar-refractivity contribution < 1.29 is 24.1 Å². The molecule has 1 saturated carbocycles. The Bertz CT molecular complexity index is 930. The lowest BCUT2D eigenvalue weighted by molar-refractivity contribution is 0.0367. The zero-order chi connectivity index (χ0) is 22.5. The van der Waals surface area contributed by atoms with Crippen LogP contribution in [0.3, 0.4) is 0 Å². The number of aromatic carboxylic acids is 1. The zero-order valence-electron chi connectivity index (χ0n) is 18.7. The van der Waals surface area contributed by atoms with E-state index in [-0.39, 0.29) is 17.4 Å². The van der Waals surface area contributed by atoms with E-state index in [0.717, 1.165) is 30.5 Å². The van der Waals surface area contributed by atoms with Gasteiger partial charge in [0.25, 0.3) is 0 Å². The maximum Gasteiger partial charge on any atom is 0.341 e. The van der Waals surface area contributed by atoms with Crippen molar-refractivity contribution >= 4 is 11.7 Å². The van der Waals surface area contributed by atoms with Crippen molar-refractivity contribution in [2.24, 2.45) is 11.8 Å². The molecule has 2 aromatic rings. The molecule has 0 radical (unpaired) electrons. The number of pyridine rings is 2. The third-order valence-corrected chi connectivity index (χ3v) is 6.42. The highest BCUT2D eigenvalue weighted by Gasteiger charge is 2.26. The number of carboxylic acids is 1. The molecule has 0 aromatic carbocycles. The summed E-state index contributed by atoms with van der Waals surface area (Å²) in [6.45, 7) is 4.90. The summed E-state index contributed by atoms with van der Waals surface area (Å²) in [6, 6.07) is 3.67. The van der Waals surface area contributed by atoms with Crippen LogP contribution < -0.4 is 14.4 Å². The molecule has 1 aliphatic carbocycles. The minimum Gasteiger partial charge on any atom is -0.496 e. The van der Waals surface area contributed by atoms with Gasteiger partial charge in [-0.2, -0.15) is 0 Å². The molecule has 32 heavy (non-hydrogen) atoms. The molecule has 2 fully saturated rings. The van der Waals surface area contributed by atoms with Gasteiger partial charge in [-0.1, -0.05) is 19.8 Å². The molecule has 172 valence electrons. The van der Waals surface area contributed by atoms with Gasteiger partial charge >= 0.3 is 5.97 Å². The molecule has 8 nitrogen and oxygen atoms in total. The van der Waals surface area contributed by atoms with Crippen molar-refractivity contribution in [2.75, 3.05) is 38.3 Å². The number of methoxy groups -OCH3 is 1. The van der Waals surface area contributed by atoms with Crippen LogP contribution in [0.25, 0.3) is 0 Å².